The lowest BCUT2D eigenvalue weighted by atomic mass is 10.0. The number of ether oxygens (including phenoxy) is 1. The van der Waals surface area contributed by atoms with Gasteiger partial charge in [0.2, 0.25) is 11.0 Å². The number of rotatable bonds is 10. The number of thiazole rings is 1. The first-order chi connectivity index (χ1) is 14.9. The minimum Gasteiger partial charge on any atom is -0.593 e. The van der Waals surface area contributed by atoms with Gasteiger partial charge in [-0.2, -0.15) is 4.72 Å². The van der Waals surface area contributed by atoms with E-state index in [4.69, 9.17) is 4.74 Å². The Labute approximate surface area is 189 Å². The summed E-state index contributed by atoms with van der Waals surface area (Å²) in [4.78, 5) is 17.8. The molecule has 4 rings (SSSR count). The van der Waals surface area contributed by atoms with Crippen molar-refractivity contribution in [1.82, 2.24) is 25.3 Å². The van der Waals surface area contributed by atoms with E-state index in [-0.39, 0.29) is 10.8 Å². The zero-order valence-electron chi connectivity index (χ0n) is 17.8. The Bertz CT molecular complexity index is 1010. The topological polar surface area (TPSA) is 108 Å². The van der Waals surface area contributed by atoms with E-state index in [0.29, 0.717) is 24.2 Å². The minimum atomic E-state index is -1.03. The second kappa shape index (κ2) is 9.47. The van der Waals surface area contributed by atoms with E-state index in [1.807, 2.05) is 24.4 Å². The fraction of sp³-hybridized carbons (Fsp3) is 0.429. The zero-order chi connectivity index (χ0) is 21.8. The van der Waals surface area contributed by atoms with E-state index in [1.165, 1.54) is 11.3 Å². The Kier molecular flexibility index (Phi) is 6.71. The van der Waals surface area contributed by atoms with Crippen LogP contribution < -0.4 is 14.8 Å². The molecule has 3 aromatic heterocycles. The van der Waals surface area contributed by atoms with Gasteiger partial charge in [-0.15, -0.1) is 11.3 Å². The van der Waals surface area contributed by atoms with Crippen LogP contribution in [0.2, 0.25) is 0 Å². The van der Waals surface area contributed by atoms with Crippen molar-refractivity contribution in [2.24, 2.45) is 0 Å². The Hall–Kier alpha value is -2.27. The summed E-state index contributed by atoms with van der Waals surface area (Å²) in [5, 5.41) is 6.49. The second-order valence-electron chi connectivity index (χ2n) is 7.83. The maximum atomic E-state index is 12.1. The lowest BCUT2D eigenvalue weighted by Gasteiger charge is -2.24. The van der Waals surface area contributed by atoms with Crippen molar-refractivity contribution in [2.45, 2.75) is 50.9 Å². The molecule has 3 heterocycles. The quantitative estimate of drug-likeness (QED) is 0.443. The van der Waals surface area contributed by atoms with Gasteiger partial charge in [-0.3, -0.25) is 9.97 Å². The average Bonchev–Trinajstić information content (AvgIpc) is 3.52. The number of pyridine rings is 1. The Balaban J connectivity index is 1.36. The molecule has 164 valence electrons. The Morgan fingerprint density at radius 2 is 2.06 bits per heavy atom. The largest absolute Gasteiger partial charge is 0.593 e. The van der Waals surface area contributed by atoms with Gasteiger partial charge < -0.3 is 14.6 Å². The smallest absolute Gasteiger partial charge is 0.232 e. The predicted octanol–water partition coefficient (Wildman–Crippen LogP) is 3.66. The molecule has 0 aliphatic heterocycles. The van der Waals surface area contributed by atoms with E-state index in [1.54, 1.807) is 18.6 Å². The van der Waals surface area contributed by atoms with E-state index < -0.39 is 11.4 Å². The predicted molar refractivity (Wildman–Crippen MR) is 123 cm³/mol. The van der Waals surface area contributed by atoms with Crippen molar-refractivity contribution in [2.75, 3.05) is 11.3 Å². The Morgan fingerprint density at radius 1 is 1.23 bits per heavy atom. The standard InChI is InChI=1S/C21H26N6O2S2/c1-4-29-19-12-22-11-17(25-19)14-5-6-15(23-9-14)10-24-21(2,3)18-13-30-20(26-18)27-31(28)16-7-8-16/h5-6,9,11-13,16,24H,4,7-8,10H2,1-3H3,(H,26,27). The van der Waals surface area contributed by atoms with Gasteiger partial charge in [0.1, 0.15) is 5.25 Å². The van der Waals surface area contributed by atoms with E-state index in [9.17, 15) is 4.55 Å². The number of hydrogen-bond donors (Lipinski definition) is 2. The molecule has 2 N–H and O–H groups in total. The lowest BCUT2D eigenvalue weighted by molar-refractivity contribution is 0.325. The van der Waals surface area contributed by atoms with Crippen molar-refractivity contribution in [3.63, 3.8) is 0 Å². The third-order valence-electron chi connectivity index (χ3n) is 4.90. The van der Waals surface area contributed by atoms with Gasteiger partial charge in [0.05, 0.1) is 53.0 Å². The van der Waals surface area contributed by atoms with Crippen molar-refractivity contribution in [3.05, 3.63) is 47.5 Å². The van der Waals surface area contributed by atoms with Crippen LogP contribution in [0.25, 0.3) is 11.3 Å². The average molecular weight is 459 g/mol. The molecule has 1 atom stereocenters. The van der Waals surface area contributed by atoms with Crippen molar-refractivity contribution in [3.8, 4) is 17.1 Å². The van der Waals surface area contributed by atoms with Gasteiger partial charge >= 0.3 is 0 Å². The third-order valence-corrected chi connectivity index (χ3v) is 7.25. The van der Waals surface area contributed by atoms with Crippen molar-refractivity contribution < 1.29 is 9.29 Å². The van der Waals surface area contributed by atoms with Crippen LogP contribution in [-0.4, -0.2) is 36.3 Å². The van der Waals surface area contributed by atoms with Crippen LogP contribution in [0, 0.1) is 0 Å². The highest BCUT2D eigenvalue weighted by molar-refractivity contribution is 7.93. The molecule has 0 spiro atoms. The summed E-state index contributed by atoms with van der Waals surface area (Å²) in [7, 11) is 0. The molecule has 1 aliphatic carbocycles. The highest BCUT2D eigenvalue weighted by Gasteiger charge is 2.36. The van der Waals surface area contributed by atoms with Crippen molar-refractivity contribution >= 4 is 27.8 Å². The highest BCUT2D eigenvalue weighted by Crippen LogP contribution is 2.32. The highest BCUT2D eigenvalue weighted by atomic mass is 32.2. The normalized spacial score (nSPS) is 15.0. The molecule has 1 fully saturated rings. The molecular formula is C21H26N6O2S2. The molecule has 0 saturated heterocycles. The molecule has 1 saturated carbocycles. The van der Waals surface area contributed by atoms with Gasteiger partial charge in [-0.05, 0) is 32.9 Å². The fourth-order valence-corrected chi connectivity index (χ4v) is 4.96. The van der Waals surface area contributed by atoms with Gasteiger partial charge in [-0.25, -0.2) is 9.97 Å². The Morgan fingerprint density at radius 3 is 2.77 bits per heavy atom. The van der Waals surface area contributed by atoms with Crippen LogP contribution in [0.5, 0.6) is 5.88 Å². The van der Waals surface area contributed by atoms with Crippen LogP contribution in [0.4, 0.5) is 5.13 Å². The summed E-state index contributed by atoms with van der Waals surface area (Å²) in [6.45, 7) is 7.20. The maximum Gasteiger partial charge on any atom is 0.232 e. The lowest BCUT2D eigenvalue weighted by Crippen LogP contribution is -2.36. The first kappa shape index (κ1) is 21.9. The molecule has 0 amide bonds. The van der Waals surface area contributed by atoms with Gasteiger partial charge in [0, 0.05) is 36.5 Å². The summed E-state index contributed by atoms with van der Waals surface area (Å²) < 4.78 is 20.5. The van der Waals surface area contributed by atoms with Crippen LogP contribution in [0.1, 0.15) is 45.0 Å². The molecule has 0 radical (unpaired) electrons. The van der Waals surface area contributed by atoms with E-state index >= 15 is 0 Å². The number of anilines is 1. The molecule has 31 heavy (non-hydrogen) atoms. The SMILES string of the molecule is CCOc1cncc(-c2ccc(CNC(C)(C)c3csc(N[S+]([O-])C4CC4)n3)nc2)n1. The summed E-state index contributed by atoms with van der Waals surface area (Å²) in [6.07, 6.45) is 7.15. The molecule has 0 bridgehead atoms. The number of hydrogen-bond acceptors (Lipinski definition) is 9. The molecule has 1 aliphatic rings. The molecule has 0 aromatic carbocycles. The van der Waals surface area contributed by atoms with Crippen LogP contribution in [-0.2, 0) is 23.4 Å². The third kappa shape index (κ3) is 5.70. The summed E-state index contributed by atoms with van der Waals surface area (Å²) >= 11 is 0.452. The first-order valence-corrected chi connectivity index (χ1v) is 12.3. The van der Waals surface area contributed by atoms with Crippen LogP contribution in [0.15, 0.2) is 36.1 Å². The van der Waals surface area contributed by atoms with Crippen LogP contribution >= 0.6 is 11.3 Å². The summed E-state index contributed by atoms with van der Waals surface area (Å²) in [5.41, 5.74) is 3.08. The van der Waals surface area contributed by atoms with E-state index in [0.717, 1.165) is 35.5 Å². The zero-order valence-corrected chi connectivity index (χ0v) is 19.4. The van der Waals surface area contributed by atoms with E-state index in [2.05, 4.69) is 43.8 Å². The van der Waals surface area contributed by atoms with Crippen molar-refractivity contribution in [1.29, 1.82) is 0 Å². The monoisotopic (exact) mass is 458 g/mol. The minimum absolute atomic E-state index is 0.278. The summed E-state index contributed by atoms with van der Waals surface area (Å²) in [6, 6.07) is 3.95. The molecule has 8 nitrogen and oxygen atoms in total. The molecule has 1 unspecified atom stereocenters. The number of nitrogens with one attached hydrogen (secondary N) is 2. The van der Waals surface area contributed by atoms with Gasteiger partial charge in [0.15, 0.2) is 0 Å². The first-order valence-electron chi connectivity index (χ1n) is 10.2. The maximum absolute atomic E-state index is 12.1. The summed E-state index contributed by atoms with van der Waals surface area (Å²) in [5.74, 6) is 0.505. The molecule has 3 aromatic rings. The molecular weight excluding hydrogens is 432 g/mol. The van der Waals surface area contributed by atoms with Crippen LogP contribution in [0.3, 0.4) is 0 Å². The second-order valence-corrected chi connectivity index (χ2v) is 10.2. The number of aromatic nitrogens is 4. The molecule has 10 heteroatoms. The fourth-order valence-electron chi connectivity index (χ4n) is 2.85. The van der Waals surface area contributed by atoms with Gasteiger partial charge in [0.25, 0.3) is 0 Å². The number of nitrogens with zero attached hydrogens (tertiary/aromatic N) is 4. The van der Waals surface area contributed by atoms with Gasteiger partial charge in [-0.1, -0.05) is 0 Å².